The molecule has 0 radical (unpaired) electrons. The molecule has 0 amide bonds. The van der Waals surface area contributed by atoms with Crippen molar-refractivity contribution in [1.29, 1.82) is 0 Å². The van der Waals surface area contributed by atoms with Gasteiger partial charge >= 0.3 is 0 Å². The number of benzene rings is 1. The highest BCUT2D eigenvalue weighted by atomic mass is 79.9. The predicted octanol–water partition coefficient (Wildman–Crippen LogP) is 3.41. The van der Waals surface area contributed by atoms with Crippen LogP contribution in [0.1, 0.15) is 25.3 Å². The molecule has 2 unspecified atom stereocenters. The zero-order valence-corrected chi connectivity index (χ0v) is 11.5. The Bertz CT molecular complexity index is 476. The third-order valence-corrected chi connectivity index (χ3v) is 3.69. The van der Waals surface area contributed by atoms with Crippen molar-refractivity contribution in [1.82, 2.24) is 0 Å². The lowest BCUT2D eigenvalue weighted by Crippen LogP contribution is -2.23. The smallest absolute Gasteiger partial charge is 0.166 e. The second-order valence-electron chi connectivity index (χ2n) is 4.48. The van der Waals surface area contributed by atoms with E-state index in [-0.39, 0.29) is 28.3 Å². The van der Waals surface area contributed by atoms with Gasteiger partial charge in [-0.3, -0.25) is 4.79 Å². The fraction of sp³-hybridized carbons (Fsp3) is 0.462. The molecule has 1 aliphatic heterocycles. The number of hydrogen-bond acceptors (Lipinski definition) is 2. The average molecular weight is 319 g/mol. The molecular weight excluding hydrogens is 306 g/mol. The van der Waals surface area contributed by atoms with E-state index in [0.717, 1.165) is 12.5 Å². The van der Waals surface area contributed by atoms with E-state index in [0.29, 0.717) is 6.42 Å². The number of halogens is 3. The fourth-order valence-corrected chi connectivity index (χ4v) is 2.43. The Morgan fingerprint density at radius 1 is 1.44 bits per heavy atom. The zero-order chi connectivity index (χ0) is 13.3. The van der Waals surface area contributed by atoms with Crippen molar-refractivity contribution in [3.05, 3.63) is 33.8 Å². The normalized spacial score (nSPS) is 23.3. The number of rotatable bonds is 3. The van der Waals surface area contributed by atoms with Crippen LogP contribution >= 0.6 is 15.9 Å². The standard InChI is InChI=1S/C13H13BrF2O2/c1-7-2-5-12(18-7)11(17)6-8-10(15)4-3-9(14)13(8)16/h3-4,7,12H,2,5-6H2,1H3. The van der Waals surface area contributed by atoms with Gasteiger partial charge in [-0.05, 0) is 47.8 Å². The van der Waals surface area contributed by atoms with Gasteiger partial charge in [-0.15, -0.1) is 0 Å². The molecule has 0 saturated carbocycles. The lowest BCUT2D eigenvalue weighted by Gasteiger charge is -2.11. The van der Waals surface area contributed by atoms with Gasteiger partial charge in [0.25, 0.3) is 0 Å². The monoisotopic (exact) mass is 318 g/mol. The van der Waals surface area contributed by atoms with Crippen LogP contribution in [0.4, 0.5) is 8.78 Å². The molecular formula is C13H13BrF2O2. The molecule has 2 rings (SSSR count). The summed E-state index contributed by atoms with van der Waals surface area (Å²) in [6, 6.07) is 2.43. The summed E-state index contributed by atoms with van der Waals surface area (Å²) < 4.78 is 32.8. The quantitative estimate of drug-likeness (QED) is 0.798. The fourth-order valence-electron chi connectivity index (χ4n) is 2.06. The molecule has 0 spiro atoms. The van der Waals surface area contributed by atoms with Crippen LogP contribution in [0, 0.1) is 11.6 Å². The molecule has 0 aliphatic carbocycles. The summed E-state index contributed by atoms with van der Waals surface area (Å²) in [5.41, 5.74) is -0.197. The molecule has 98 valence electrons. The van der Waals surface area contributed by atoms with Gasteiger partial charge in [0, 0.05) is 12.0 Å². The second kappa shape index (κ2) is 5.45. The first kappa shape index (κ1) is 13.6. The van der Waals surface area contributed by atoms with Gasteiger partial charge in [-0.2, -0.15) is 0 Å². The summed E-state index contributed by atoms with van der Waals surface area (Å²) in [7, 11) is 0. The van der Waals surface area contributed by atoms with E-state index in [1.54, 1.807) is 0 Å². The highest BCUT2D eigenvalue weighted by molar-refractivity contribution is 9.10. The number of Topliss-reactive ketones (excluding diaryl/α,β-unsaturated/α-hetero) is 1. The van der Waals surface area contributed by atoms with Crippen LogP contribution < -0.4 is 0 Å². The lowest BCUT2D eigenvalue weighted by atomic mass is 10.0. The van der Waals surface area contributed by atoms with Crippen LogP contribution in [0.5, 0.6) is 0 Å². The van der Waals surface area contributed by atoms with Crippen molar-refractivity contribution in [2.24, 2.45) is 0 Å². The van der Waals surface area contributed by atoms with Gasteiger partial charge in [0.05, 0.1) is 10.6 Å². The van der Waals surface area contributed by atoms with E-state index in [4.69, 9.17) is 4.74 Å². The Morgan fingerprint density at radius 2 is 2.17 bits per heavy atom. The Hall–Kier alpha value is -0.810. The summed E-state index contributed by atoms with van der Waals surface area (Å²) in [6.07, 6.45) is 0.667. The summed E-state index contributed by atoms with van der Waals surface area (Å²) in [6.45, 7) is 1.88. The van der Waals surface area contributed by atoms with Crippen molar-refractivity contribution in [2.45, 2.75) is 38.4 Å². The number of hydrogen-bond donors (Lipinski definition) is 0. The number of ketones is 1. The predicted molar refractivity (Wildman–Crippen MR) is 66.3 cm³/mol. The molecule has 0 bridgehead atoms. The first-order chi connectivity index (χ1) is 8.49. The van der Waals surface area contributed by atoms with E-state index in [9.17, 15) is 13.6 Å². The molecule has 1 aromatic rings. The maximum absolute atomic E-state index is 13.7. The summed E-state index contributed by atoms with van der Waals surface area (Å²) in [4.78, 5) is 11.9. The first-order valence-corrected chi connectivity index (χ1v) is 6.59. The number of carbonyl (C=O) groups excluding carboxylic acids is 1. The largest absolute Gasteiger partial charge is 0.367 e. The molecule has 18 heavy (non-hydrogen) atoms. The molecule has 1 saturated heterocycles. The van der Waals surface area contributed by atoms with Gasteiger partial charge in [0.2, 0.25) is 0 Å². The van der Waals surface area contributed by atoms with Crippen molar-refractivity contribution < 1.29 is 18.3 Å². The first-order valence-electron chi connectivity index (χ1n) is 5.79. The Kier molecular flexibility index (Phi) is 4.12. The molecule has 5 heteroatoms. The van der Waals surface area contributed by atoms with Gasteiger partial charge in [-0.1, -0.05) is 0 Å². The molecule has 0 N–H and O–H groups in total. The van der Waals surface area contributed by atoms with Gasteiger partial charge in [0.1, 0.15) is 17.7 Å². The van der Waals surface area contributed by atoms with Crippen LogP contribution in [0.15, 0.2) is 16.6 Å². The lowest BCUT2D eigenvalue weighted by molar-refractivity contribution is -0.128. The van der Waals surface area contributed by atoms with Gasteiger partial charge in [-0.25, -0.2) is 8.78 Å². The molecule has 2 nitrogen and oxygen atoms in total. The van der Waals surface area contributed by atoms with E-state index < -0.39 is 17.7 Å². The summed E-state index contributed by atoms with van der Waals surface area (Å²) >= 11 is 2.98. The molecule has 2 atom stereocenters. The van der Waals surface area contributed by atoms with Crippen LogP contribution in [0.25, 0.3) is 0 Å². The molecule has 1 aromatic carbocycles. The minimum atomic E-state index is -0.714. The Balaban J connectivity index is 2.14. The van der Waals surface area contributed by atoms with E-state index >= 15 is 0 Å². The Labute approximate surface area is 112 Å². The van der Waals surface area contributed by atoms with Gasteiger partial charge < -0.3 is 4.74 Å². The van der Waals surface area contributed by atoms with Crippen LogP contribution in [-0.4, -0.2) is 18.0 Å². The SMILES string of the molecule is CC1CCC(C(=O)Cc2c(F)ccc(Br)c2F)O1. The maximum Gasteiger partial charge on any atom is 0.166 e. The highest BCUT2D eigenvalue weighted by Crippen LogP contribution is 2.25. The minimum absolute atomic E-state index is 0.0381. The van der Waals surface area contributed by atoms with Crippen LogP contribution in [-0.2, 0) is 16.0 Å². The second-order valence-corrected chi connectivity index (χ2v) is 5.33. The van der Waals surface area contributed by atoms with E-state index in [1.807, 2.05) is 6.92 Å². The maximum atomic E-state index is 13.7. The molecule has 0 aromatic heterocycles. The van der Waals surface area contributed by atoms with Crippen molar-refractivity contribution >= 4 is 21.7 Å². The molecule has 1 aliphatic rings. The van der Waals surface area contributed by atoms with E-state index in [1.165, 1.54) is 6.07 Å². The summed E-state index contributed by atoms with van der Waals surface area (Å²) in [5.74, 6) is -1.68. The minimum Gasteiger partial charge on any atom is -0.367 e. The van der Waals surface area contributed by atoms with E-state index in [2.05, 4.69) is 15.9 Å². The van der Waals surface area contributed by atoms with Crippen molar-refractivity contribution in [2.75, 3.05) is 0 Å². The number of ether oxygens (including phenoxy) is 1. The van der Waals surface area contributed by atoms with Crippen molar-refractivity contribution in [3.8, 4) is 0 Å². The zero-order valence-electron chi connectivity index (χ0n) is 9.88. The third kappa shape index (κ3) is 2.78. The average Bonchev–Trinajstić information content (AvgIpc) is 2.76. The molecule has 1 heterocycles. The molecule has 1 fully saturated rings. The topological polar surface area (TPSA) is 26.3 Å². The third-order valence-electron chi connectivity index (χ3n) is 3.08. The van der Waals surface area contributed by atoms with Gasteiger partial charge in [0.15, 0.2) is 5.78 Å². The number of carbonyl (C=O) groups is 1. The summed E-state index contributed by atoms with van der Waals surface area (Å²) in [5, 5.41) is 0. The highest BCUT2D eigenvalue weighted by Gasteiger charge is 2.29. The van der Waals surface area contributed by atoms with Crippen molar-refractivity contribution in [3.63, 3.8) is 0 Å². The Morgan fingerprint density at radius 3 is 2.78 bits per heavy atom. The van der Waals surface area contributed by atoms with Crippen LogP contribution in [0.2, 0.25) is 0 Å². The van der Waals surface area contributed by atoms with Crippen LogP contribution in [0.3, 0.4) is 0 Å².